The third-order valence-corrected chi connectivity index (χ3v) is 4.83. The number of rotatable bonds is 2. The molecule has 1 saturated heterocycles. The summed E-state index contributed by atoms with van der Waals surface area (Å²) in [6.45, 7) is 3.24. The summed E-state index contributed by atoms with van der Waals surface area (Å²) in [6.07, 6.45) is 1.62. The van der Waals surface area contributed by atoms with E-state index in [2.05, 4.69) is 25.8 Å². The van der Waals surface area contributed by atoms with Crippen LogP contribution < -0.4 is 9.80 Å². The second kappa shape index (κ2) is 5.53. The van der Waals surface area contributed by atoms with E-state index in [4.69, 9.17) is 0 Å². The summed E-state index contributed by atoms with van der Waals surface area (Å²) in [6, 6.07) is 9.03. The molecule has 1 aliphatic rings. The van der Waals surface area contributed by atoms with Crippen molar-refractivity contribution in [3.8, 4) is 0 Å². The second-order valence-electron chi connectivity index (χ2n) is 5.26. The molecule has 4 nitrogen and oxygen atoms in total. The van der Waals surface area contributed by atoms with Crippen molar-refractivity contribution in [1.29, 1.82) is 0 Å². The molecule has 0 bridgehead atoms. The van der Waals surface area contributed by atoms with Gasteiger partial charge < -0.3 is 9.80 Å². The van der Waals surface area contributed by atoms with E-state index in [9.17, 15) is 4.39 Å². The number of halogens is 1. The Balaban J connectivity index is 1.55. The Morgan fingerprint density at radius 1 is 0.955 bits per heavy atom. The highest BCUT2D eigenvalue weighted by Gasteiger charge is 2.21. The number of para-hydroxylation sites is 1. The Labute approximate surface area is 131 Å². The van der Waals surface area contributed by atoms with Gasteiger partial charge in [0.2, 0.25) is 0 Å². The van der Waals surface area contributed by atoms with Crippen LogP contribution in [0.4, 0.5) is 15.9 Å². The average Bonchev–Trinajstić information content (AvgIpc) is 3.04. The van der Waals surface area contributed by atoms with Gasteiger partial charge in [-0.3, -0.25) is 0 Å². The van der Waals surface area contributed by atoms with Crippen molar-refractivity contribution in [3.63, 3.8) is 0 Å². The van der Waals surface area contributed by atoms with Gasteiger partial charge in [-0.25, -0.2) is 14.4 Å². The van der Waals surface area contributed by atoms with E-state index < -0.39 is 0 Å². The Morgan fingerprint density at radius 2 is 1.73 bits per heavy atom. The Kier molecular flexibility index (Phi) is 3.38. The molecule has 0 aliphatic carbocycles. The van der Waals surface area contributed by atoms with E-state index in [-0.39, 0.29) is 5.82 Å². The SMILES string of the molecule is Fc1ccccc1N1CCN(c2ncnc3sccc23)CC1. The Bertz CT molecular complexity index is 795. The predicted molar refractivity (Wildman–Crippen MR) is 88.2 cm³/mol. The summed E-state index contributed by atoms with van der Waals surface area (Å²) >= 11 is 1.63. The maximum atomic E-state index is 13.9. The van der Waals surface area contributed by atoms with Crippen molar-refractivity contribution in [3.05, 3.63) is 47.9 Å². The minimum absolute atomic E-state index is 0.154. The molecule has 1 aromatic carbocycles. The maximum Gasteiger partial charge on any atom is 0.146 e. The molecule has 0 N–H and O–H groups in total. The Morgan fingerprint density at radius 3 is 2.55 bits per heavy atom. The van der Waals surface area contributed by atoms with Gasteiger partial charge in [-0.05, 0) is 23.6 Å². The van der Waals surface area contributed by atoms with E-state index >= 15 is 0 Å². The summed E-state index contributed by atoms with van der Waals surface area (Å²) < 4.78 is 13.9. The van der Waals surface area contributed by atoms with Crippen LogP contribution >= 0.6 is 11.3 Å². The normalized spacial score (nSPS) is 15.5. The zero-order valence-corrected chi connectivity index (χ0v) is 12.8. The van der Waals surface area contributed by atoms with Gasteiger partial charge in [-0.15, -0.1) is 11.3 Å². The molecular formula is C16H15FN4S. The molecule has 6 heteroatoms. The summed E-state index contributed by atoms with van der Waals surface area (Å²) in [4.78, 5) is 14.1. The van der Waals surface area contributed by atoms with Gasteiger partial charge in [0.25, 0.3) is 0 Å². The predicted octanol–water partition coefficient (Wildman–Crippen LogP) is 3.16. The molecule has 0 spiro atoms. The highest BCUT2D eigenvalue weighted by atomic mass is 32.1. The van der Waals surface area contributed by atoms with Gasteiger partial charge in [-0.2, -0.15) is 0 Å². The van der Waals surface area contributed by atoms with Crippen molar-refractivity contribution in [2.45, 2.75) is 0 Å². The molecule has 22 heavy (non-hydrogen) atoms. The van der Waals surface area contributed by atoms with Gasteiger partial charge in [0.15, 0.2) is 0 Å². The topological polar surface area (TPSA) is 32.3 Å². The summed E-state index contributed by atoms with van der Waals surface area (Å²) in [5, 5.41) is 3.14. The zero-order valence-electron chi connectivity index (χ0n) is 11.9. The number of hydrogen-bond donors (Lipinski definition) is 0. The summed E-state index contributed by atoms with van der Waals surface area (Å²) in [5.41, 5.74) is 0.686. The van der Waals surface area contributed by atoms with Crippen LogP contribution in [-0.2, 0) is 0 Å². The number of piperazine rings is 1. The first kappa shape index (κ1) is 13.5. The van der Waals surface area contributed by atoms with Crippen LogP contribution in [-0.4, -0.2) is 36.1 Å². The minimum atomic E-state index is -0.154. The molecule has 4 rings (SSSR count). The van der Waals surface area contributed by atoms with Gasteiger partial charge in [0.05, 0.1) is 11.1 Å². The van der Waals surface area contributed by atoms with Crippen LogP contribution in [0.2, 0.25) is 0 Å². The Hall–Kier alpha value is -2.21. The summed E-state index contributed by atoms with van der Waals surface area (Å²) in [7, 11) is 0. The molecule has 112 valence electrons. The van der Waals surface area contributed by atoms with Crippen LogP contribution in [0.5, 0.6) is 0 Å². The molecule has 3 aromatic rings. The van der Waals surface area contributed by atoms with E-state index in [1.807, 2.05) is 17.5 Å². The first-order valence-corrected chi connectivity index (χ1v) is 8.13. The molecule has 0 unspecified atom stereocenters. The number of benzene rings is 1. The molecule has 3 heterocycles. The highest BCUT2D eigenvalue weighted by molar-refractivity contribution is 7.16. The van der Waals surface area contributed by atoms with Gasteiger partial charge in [0, 0.05) is 26.2 Å². The highest BCUT2D eigenvalue weighted by Crippen LogP contribution is 2.28. The van der Waals surface area contributed by atoms with Crippen LogP contribution in [0.25, 0.3) is 10.2 Å². The van der Waals surface area contributed by atoms with Crippen LogP contribution in [0.3, 0.4) is 0 Å². The molecule has 0 atom stereocenters. The maximum absolute atomic E-state index is 13.9. The van der Waals surface area contributed by atoms with Crippen LogP contribution in [0.15, 0.2) is 42.0 Å². The van der Waals surface area contributed by atoms with Crippen molar-refractivity contribution in [2.75, 3.05) is 36.0 Å². The molecule has 0 radical (unpaired) electrons. The third-order valence-electron chi connectivity index (χ3n) is 4.01. The lowest BCUT2D eigenvalue weighted by Gasteiger charge is -2.37. The first-order valence-electron chi connectivity index (χ1n) is 7.25. The van der Waals surface area contributed by atoms with E-state index in [0.29, 0.717) is 5.69 Å². The smallest absolute Gasteiger partial charge is 0.146 e. The fraction of sp³-hybridized carbons (Fsp3) is 0.250. The lowest BCUT2D eigenvalue weighted by molar-refractivity contribution is 0.596. The van der Waals surface area contributed by atoms with E-state index in [1.54, 1.807) is 23.7 Å². The molecule has 0 amide bonds. The van der Waals surface area contributed by atoms with Gasteiger partial charge in [0.1, 0.15) is 22.8 Å². The quantitative estimate of drug-likeness (QED) is 0.727. The standard InChI is InChI=1S/C16H15FN4S/c17-13-3-1-2-4-14(13)20-6-8-21(9-7-20)15-12-5-10-22-16(12)19-11-18-15/h1-5,10-11H,6-9H2. The second-order valence-corrected chi connectivity index (χ2v) is 6.16. The zero-order chi connectivity index (χ0) is 14.9. The molecule has 1 fully saturated rings. The van der Waals surface area contributed by atoms with Crippen molar-refractivity contribution in [2.24, 2.45) is 0 Å². The van der Waals surface area contributed by atoms with Crippen molar-refractivity contribution >= 4 is 33.1 Å². The van der Waals surface area contributed by atoms with Gasteiger partial charge in [-0.1, -0.05) is 12.1 Å². The molecule has 2 aromatic heterocycles. The van der Waals surface area contributed by atoms with Crippen molar-refractivity contribution < 1.29 is 4.39 Å². The molecular weight excluding hydrogens is 299 g/mol. The first-order chi connectivity index (χ1) is 10.8. The number of aromatic nitrogens is 2. The fourth-order valence-electron chi connectivity index (χ4n) is 2.90. The number of hydrogen-bond acceptors (Lipinski definition) is 5. The third kappa shape index (κ3) is 2.29. The summed E-state index contributed by atoms with van der Waals surface area (Å²) in [5.74, 6) is 0.831. The average molecular weight is 314 g/mol. The number of anilines is 2. The minimum Gasteiger partial charge on any atom is -0.366 e. The molecule has 0 saturated carbocycles. The lowest BCUT2D eigenvalue weighted by Crippen LogP contribution is -2.47. The lowest BCUT2D eigenvalue weighted by atomic mass is 10.2. The van der Waals surface area contributed by atoms with Crippen molar-refractivity contribution in [1.82, 2.24) is 9.97 Å². The van der Waals surface area contributed by atoms with E-state index in [1.165, 1.54) is 6.07 Å². The number of thiophene rings is 1. The number of nitrogens with zero attached hydrogens (tertiary/aromatic N) is 4. The monoisotopic (exact) mass is 314 g/mol. The molecule has 1 aliphatic heterocycles. The van der Waals surface area contributed by atoms with Crippen LogP contribution in [0.1, 0.15) is 0 Å². The largest absolute Gasteiger partial charge is 0.366 e. The fourth-order valence-corrected chi connectivity index (χ4v) is 3.62. The van der Waals surface area contributed by atoms with E-state index in [0.717, 1.165) is 42.2 Å². The number of fused-ring (bicyclic) bond motifs is 1. The van der Waals surface area contributed by atoms with Crippen LogP contribution in [0, 0.1) is 5.82 Å². The van der Waals surface area contributed by atoms with Gasteiger partial charge >= 0.3 is 0 Å².